The fourth-order valence-electron chi connectivity index (χ4n) is 3.03. The van der Waals surface area contributed by atoms with E-state index in [-0.39, 0.29) is 5.91 Å². The zero-order chi connectivity index (χ0) is 17.4. The third kappa shape index (κ3) is 2.55. The fraction of sp³-hybridized carbons (Fsp3) is 0.188. The average molecular weight is 338 g/mol. The number of carboxylic acid groups (broad SMARTS) is 1. The normalized spacial score (nSPS) is 16.5. The van der Waals surface area contributed by atoms with Gasteiger partial charge in [-0.1, -0.05) is 12.1 Å². The molecule has 0 spiro atoms. The number of hydrogen-bond acceptors (Lipinski definition) is 5. The van der Waals surface area contributed by atoms with Crippen molar-refractivity contribution in [3.8, 4) is 11.4 Å². The molecule has 2 aromatic heterocycles. The summed E-state index contributed by atoms with van der Waals surface area (Å²) in [6.07, 6.45) is 3.41. The number of hydrogen-bond donors (Lipinski definition) is 3. The van der Waals surface area contributed by atoms with E-state index in [4.69, 9.17) is 0 Å². The van der Waals surface area contributed by atoms with Crippen LogP contribution in [0.3, 0.4) is 0 Å². The van der Waals surface area contributed by atoms with Gasteiger partial charge in [0.05, 0.1) is 12.0 Å². The summed E-state index contributed by atoms with van der Waals surface area (Å²) in [5.41, 5.74) is 2.35. The summed E-state index contributed by atoms with van der Waals surface area (Å²) in [6, 6.07) is 5.70. The van der Waals surface area contributed by atoms with Crippen molar-refractivity contribution in [2.45, 2.75) is 12.5 Å². The van der Waals surface area contributed by atoms with Crippen molar-refractivity contribution in [1.29, 1.82) is 0 Å². The van der Waals surface area contributed by atoms with Crippen molar-refractivity contribution in [3.63, 3.8) is 0 Å². The Hall–Kier alpha value is -3.49. The molecule has 0 radical (unpaired) electrons. The lowest BCUT2D eigenvalue weighted by atomic mass is 10.0. The second-order valence-corrected chi connectivity index (χ2v) is 5.67. The minimum atomic E-state index is -1.10. The van der Waals surface area contributed by atoms with Gasteiger partial charge in [-0.05, 0) is 12.1 Å². The van der Waals surface area contributed by atoms with Gasteiger partial charge in [0.2, 0.25) is 0 Å². The van der Waals surface area contributed by atoms with Gasteiger partial charge in [0.15, 0.2) is 11.9 Å². The Morgan fingerprint density at radius 1 is 1.20 bits per heavy atom. The number of benzene rings is 1. The molecule has 0 bridgehead atoms. The number of aromatic amines is 2. The van der Waals surface area contributed by atoms with Crippen molar-refractivity contribution in [1.82, 2.24) is 30.0 Å². The molecule has 3 aromatic rings. The van der Waals surface area contributed by atoms with Crippen LogP contribution < -0.4 is 0 Å². The molecule has 0 fully saturated rings. The molecule has 1 amide bonds. The molecule has 3 N–H and O–H groups in total. The van der Waals surface area contributed by atoms with Crippen LogP contribution in [-0.2, 0) is 11.2 Å². The highest BCUT2D eigenvalue weighted by atomic mass is 16.4. The van der Waals surface area contributed by atoms with Gasteiger partial charge in [0, 0.05) is 29.8 Å². The van der Waals surface area contributed by atoms with Gasteiger partial charge >= 0.3 is 5.97 Å². The lowest BCUT2D eigenvalue weighted by molar-refractivity contribution is -0.143. The number of aliphatic carboxylic acids is 1. The van der Waals surface area contributed by atoms with Crippen LogP contribution >= 0.6 is 0 Å². The number of rotatable bonds is 3. The number of fused-ring (bicyclic) bond motifs is 1. The molecule has 0 unspecified atom stereocenters. The minimum Gasteiger partial charge on any atom is -0.479 e. The summed E-state index contributed by atoms with van der Waals surface area (Å²) in [6.45, 7) is 0.314. The Morgan fingerprint density at radius 3 is 2.68 bits per heavy atom. The third-order valence-corrected chi connectivity index (χ3v) is 4.24. The van der Waals surface area contributed by atoms with E-state index >= 15 is 0 Å². The Bertz CT molecular complexity index is 916. The summed E-state index contributed by atoms with van der Waals surface area (Å²) in [5.74, 6) is -0.841. The molecule has 1 aliphatic rings. The molecule has 3 heterocycles. The molecule has 0 aliphatic carbocycles. The van der Waals surface area contributed by atoms with Gasteiger partial charge < -0.3 is 15.0 Å². The van der Waals surface area contributed by atoms with Gasteiger partial charge in [0.25, 0.3) is 5.91 Å². The van der Waals surface area contributed by atoms with E-state index in [1.807, 2.05) is 0 Å². The molecule has 1 aliphatic heterocycles. The first-order valence-electron chi connectivity index (χ1n) is 7.67. The van der Waals surface area contributed by atoms with E-state index in [2.05, 4.69) is 25.1 Å². The summed E-state index contributed by atoms with van der Waals surface area (Å²) >= 11 is 0. The molecule has 25 heavy (non-hydrogen) atoms. The van der Waals surface area contributed by atoms with Crippen LogP contribution in [0.5, 0.6) is 0 Å². The van der Waals surface area contributed by atoms with Gasteiger partial charge in [-0.3, -0.25) is 9.89 Å². The van der Waals surface area contributed by atoms with Crippen molar-refractivity contribution in [2.75, 3.05) is 6.54 Å². The van der Waals surface area contributed by atoms with Gasteiger partial charge in [-0.15, -0.1) is 0 Å². The van der Waals surface area contributed by atoms with E-state index in [9.17, 15) is 14.7 Å². The average Bonchev–Trinajstić information content (AvgIpc) is 3.31. The molecule has 0 saturated heterocycles. The summed E-state index contributed by atoms with van der Waals surface area (Å²) in [7, 11) is 0. The Morgan fingerprint density at radius 2 is 2.00 bits per heavy atom. The van der Waals surface area contributed by atoms with Crippen molar-refractivity contribution >= 4 is 11.9 Å². The zero-order valence-electron chi connectivity index (χ0n) is 13.0. The standard InChI is InChI=1S/C16H14N6O3/c23-15(10-3-1-9(2-4-10)14-19-8-20-21-14)22-6-5-11-12(18-7-17-11)13(22)16(24)25/h1-4,7-8,13H,5-6H2,(H,17,18)(H,24,25)(H,19,20,21)/t13-/m1/s1. The molecule has 4 rings (SSSR count). The van der Waals surface area contributed by atoms with Crippen molar-refractivity contribution in [2.24, 2.45) is 0 Å². The third-order valence-electron chi connectivity index (χ3n) is 4.24. The Labute approximate surface area is 141 Å². The summed E-state index contributed by atoms with van der Waals surface area (Å²) < 4.78 is 0. The first-order chi connectivity index (χ1) is 12.1. The SMILES string of the molecule is O=C(O)[C@H]1c2nc[nH]c2CCN1C(=O)c1ccc(-c2ncn[nH]2)cc1. The van der Waals surface area contributed by atoms with E-state index < -0.39 is 12.0 Å². The van der Waals surface area contributed by atoms with Crippen LogP contribution in [0.1, 0.15) is 27.8 Å². The number of nitrogens with one attached hydrogen (secondary N) is 2. The molecule has 0 saturated carbocycles. The van der Waals surface area contributed by atoms with E-state index in [1.54, 1.807) is 24.3 Å². The Kier molecular flexibility index (Phi) is 3.53. The highest BCUT2D eigenvalue weighted by molar-refractivity contribution is 5.97. The van der Waals surface area contributed by atoms with Gasteiger partial charge in [-0.2, -0.15) is 5.10 Å². The maximum Gasteiger partial charge on any atom is 0.332 e. The molecular weight excluding hydrogens is 324 g/mol. The van der Waals surface area contributed by atoms with Crippen LogP contribution in [-0.4, -0.2) is 53.6 Å². The second kappa shape index (κ2) is 5.86. The molecule has 9 nitrogen and oxygen atoms in total. The zero-order valence-corrected chi connectivity index (χ0v) is 13.0. The molecule has 1 atom stereocenters. The lowest BCUT2D eigenvalue weighted by Gasteiger charge is -2.32. The smallest absolute Gasteiger partial charge is 0.332 e. The van der Waals surface area contributed by atoms with Crippen LogP contribution in [0.15, 0.2) is 36.9 Å². The van der Waals surface area contributed by atoms with Crippen molar-refractivity contribution < 1.29 is 14.7 Å². The number of aromatic nitrogens is 5. The first kappa shape index (κ1) is 15.1. The van der Waals surface area contributed by atoms with Crippen molar-refractivity contribution in [3.05, 3.63) is 53.9 Å². The second-order valence-electron chi connectivity index (χ2n) is 5.67. The predicted molar refractivity (Wildman–Crippen MR) is 85.5 cm³/mol. The number of imidazole rings is 1. The Balaban J connectivity index is 1.63. The lowest BCUT2D eigenvalue weighted by Crippen LogP contribution is -2.43. The number of H-pyrrole nitrogens is 2. The number of carbonyl (C=O) groups excluding carboxylic acids is 1. The molecule has 9 heteroatoms. The number of amides is 1. The minimum absolute atomic E-state index is 0.314. The number of nitrogens with zero attached hydrogens (tertiary/aromatic N) is 4. The molecule has 126 valence electrons. The molecular formula is C16H14N6O3. The van der Waals surface area contributed by atoms with E-state index in [0.29, 0.717) is 30.0 Å². The number of carbonyl (C=O) groups is 2. The topological polar surface area (TPSA) is 128 Å². The predicted octanol–water partition coefficient (Wildman–Crippen LogP) is 1.02. The fourth-order valence-corrected chi connectivity index (χ4v) is 3.03. The van der Waals surface area contributed by atoms with Crippen LogP contribution in [0, 0.1) is 0 Å². The van der Waals surface area contributed by atoms with E-state index in [0.717, 1.165) is 11.3 Å². The van der Waals surface area contributed by atoms with Crippen LogP contribution in [0.2, 0.25) is 0 Å². The summed E-state index contributed by atoms with van der Waals surface area (Å²) in [5, 5.41) is 16.1. The monoisotopic (exact) mass is 338 g/mol. The van der Waals surface area contributed by atoms with Gasteiger partial charge in [-0.25, -0.2) is 14.8 Å². The first-order valence-corrected chi connectivity index (χ1v) is 7.67. The summed E-state index contributed by atoms with van der Waals surface area (Å²) in [4.78, 5) is 37.0. The number of carboxylic acids is 1. The quantitative estimate of drug-likeness (QED) is 0.654. The van der Waals surface area contributed by atoms with Crippen LogP contribution in [0.25, 0.3) is 11.4 Å². The van der Waals surface area contributed by atoms with Crippen LogP contribution in [0.4, 0.5) is 0 Å². The largest absolute Gasteiger partial charge is 0.479 e. The highest BCUT2D eigenvalue weighted by Gasteiger charge is 2.38. The maximum absolute atomic E-state index is 12.8. The van der Waals surface area contributed by atoms with E-state index in [1.165, 1.54) is 17.6 Å². The maximum atomic E-state index is 12.8. The van der Waals surface area contributed by atoms with Gasteiger partial charge in [0.1, 0.15) is 6.33 Å². The highest BCUT2D eigenvalue weighted by Crippen LogP contribution is 2.29. The molecule has 1 aromatic carbocycles.